The van der Waals surface area contributed by atoms with E-state index in [1.54, 1.807) is 7.11 Å². The Morgan fingerprint density at radius 3 is 2.56 bits per heavy atom. The Morgan fingerprint density at radius 2 is 1.96 bits per heavy atom. The van der Waals surface area contributed by atoms with Crippen molar-refractivity contribution in [3.63, 3.8) is 0 Å². The van der Waals surface area contributed by atoms with Gasteiger partial charge in [0.2, 0.25) is 0 Å². The zero-order valence-corrected chi connectivity index (χ0v) is 16.7. The monoisotopic (exact) mass is 368 g/mol. The molecule has 144 valence electrons. The van der Waals surface area contributed by atoms with E-state index in [0.29, 0.717) is 17.2 Å². The predicted molar refractivity (Wildman–Crippen MR) is 108 cm³/mol. The highest BCUT2D eigenvalue weighted by Gasteiger charge is 2.18. The van der Waals surface area contributed by atoms with Crippen molar-refractivity contribution >= 4 is 11.5 Å². The van der Waals surface area contributed by atoms with Crippen molar-refractivity contribution in [1.82, 2.24) is 0 Å². The second-order valence-corrected chi connectivity index (χ2v) is 6.87. The molecule has 1 N–H and O–H groups in total. The molecule has 0 unspecified atom stereocenters. The van der Waals surface area contributed by atoms with Gasteiger partial charge in [0.1, 0.15) is 5.75 Å². The highest BCUT2D eigenvalue weighted by Crippen LogP contribution is 2.37. The van der Waals surface area contributed by atoms with Crippen LogP contribution in [0.25, 0.3) is 5.57 Å². The summed E-state index contributed by atoms with van der Waals surface area (Å²) in [6, 6.07) is 12.1. The number of aliphatic carboxylic acids is 1. The van der Waals surface area contributed by atoms with Gasteiger partial charge >= 0.3 is 5.97 Å². The Kier molecular flexibility index (Phi) is 7.19. The molecule has 0 spiro atoms. The first-order chi connectivity index (χ1) is 12.9. The number of hydrogen-bond donors (Lipinski definition) is 1. The van der Waals surface area contributed by atoms with Gasteiger partial charge in [-0.05, 0) is 53.2 Å². The normalized spacial score (nSPS) is 11.7. The predicted octanol–water partition coefficient (Wildman–Crippen LogP) is 5.18. The van der Waals surface area contributed by atoms with Crippen molar-refractivity contribution in [1.29, 1.82) is 0 Å². The molecule has 0 radical (unpaired) electrons. The van der Waals surface area contributed by atoms with E-state index in [4.69, 9.17) is 9.47 Å². The number of hydrogen-bond acceptors (Lipinski definition) is 3. The molecular formula is C23H28O4. The zero-order valence-electron chi connectivity index (χ0n) is 16.7. The van der Waals surface area contributed by atoms with Gasteiger partial charge in [-0.1, -0.05) is 51.1 Å². The van der Waals surface area contributed by atoms with Crippen LogP contribution in [-0.4, -0.2) is 25.0 Å². The third-order valence-corrected chi connectivity index (χ3v) is 4.49. The number of rotatable bonds is 8. The second kappa shape index (κ2) is 9.38. The Bertz CT molecular complexity index is 834. The molecule has 0 saturated carbocycles. The fourth-order valence-electron chi connectivity index (χ4n) is 3.04. The summed E-state index contributed by atoms with van der Waals surface area (Å²) in [6.45, 7) is 8.39. The van der Waals surface area contributed by atoms with Crippen LogP contribution >= 0.6 is 0 Å². The van der Waals surface area contributed by atoms with E-state index in [1.807, 2.05) is 37.3 Å². The van der Waals surface area contributed by atoms with E-state index in [1.165, 1.54) is 6.08 Å². The minimum Gasteiger partial charge on any atom is -0.478 e. The molecule has 2 aromatic rings. The molecule has 0 heterocycles. The van der Waals surface area contributed by atoms with E-state index in [9.17, 15) is 9.90 Å². The molecule has 0 aliphatic carbocycles. The van der Waals surface area contributed by atoms with Gasteiger partial charge < -0.3 is 14.6 Å². The summed E-state index contributed by atoms with van der Waals surface area (Å²) < 4.78 is 10.9. The number of carboxylic acids is 1. The standard InChI is InChI=1S/C23H28O4/c1-6-17-8-7-9-18(11-17)20(13-22(24)25)21-12-19(15(2)3)10-16(4)23(21)27-14-26-5/h7-13,15H,6,14H2,1-5H3,(H,24,25)/b20-13+. The number of methoxy groups -OCH3 is 1. The third-order valence-electron chi connectivity index (χ3n) is 4.49. The first-order valence-corrected chi connectivity index (χ1v) is 9.17. The highest BCUT2D eigenvalue weighted by atomic mass is 16.7. The average molecular weight is 368 g/mol. The minimum atomic E-state index is -0.989. The van der Waals surface area contributed by atoms with E-state index in [0.717, 1.165) is 34.2 Å². The molecule has 4 nitrogen and oxygen atoms in total. The van der Waals surface area contributed by atoms with Gasteiger partial charge in [0, 0.05) is 18.7 Å². The largest absolute Gasteiger partial charge is 0.478 e. The molecule has 0 atom stereocenters. The van der Waals surface area contributed by atoms with Crippen molar-refractivity contribution in [2.24, 2.45) is 0 Å². The first-order valence-electron chi connectivity index (χ1n) is 9.17. The van der Waals surface area contributed by atoms with Gasteiger partial charge in [-0.2, -0.15) is 0 Å². The molecular weight excluding hydrogens is 340 g/mol. The zero-order chi connectivity index (χ0) is 20.0. The molecule has 0 aliphatic heterocycles. The lowest BCUT2D eigenvalue weighted by molar-refractivity contribution is -0.131. The van der Waals surface area contributed by atoms with Gasteiger partial charge in [0.15, 0.2) is 6.79 Å². The lowest BCUT2D eigenvalue weighted by atomic mass is 9.89. The van der Waals surface area contributed by atoms with Gasteiger partial charge in [-0.15, -0.1) is 0 Å². The van der Waals surface area contributed by atoms with Crippen LogP contribution in [0, 0.1) is 6.92 Å². The van der Waals surface area contributed by atoms with Crippen LogP contribution in [0.1, 0.15) is 54.5 Å². The summed E-state index contributed by atoms with van der Waals surface area (Å²) in [5.41, 5.74) is 5.51. The van der Waals surface area contributed by atoms with Gasteiger partial charge in [-0.25, -0.2) is 4.79 Å². The van der Waals surface area contributed by atoms with Crippen molar-refractivity contribution in [2.45, 2.75) is 40.0 Å². The molecule has 2 aromatic carbocycles. The molecule has 2 rings (SSSR count). The van der Waals surface area contributed by atoms with Crippen LogP contribution in [0.15, 0.2) is 42.5 Å². The Morgan fingerprint density at radius 1 is 1.22 bits per heavy atom. The molecule has 0 aromatic heterocycles. The summed E-state index contributed by atoms with van der Waals surface area (Å²) in [5, 5.41) is 9.51. The lowest BCUT2D eigenvalue weighted by Gasteiger charge is -2.19. The smallest absolute Gasteiger partial charge is 0.328 e. The van der Waals surface area contributed by atoms with Crippen molar-refractivity contribution in [2.75, 3.05) is 13.9 Å². The van der Waals surface area contributed by atoms with E-state index >= 15 is 0 Å². The topological polar surface area (TPSA) is 55.8 Å². The summed E-state index contributed by atoms with van der Waals surface area (Å²) >= 11 is 0. The SMILES string of the molecule is CCc1cccc(/C(=C\C(=O)O)c2cc(C(C)C)cc(C)c2OCOC)c1. The number of benzene rings is 2. The van der Waals surface area contributed by atoms with Gasteiger partial charge in [-0.3, -0.25) is 0 Å². The van der Waals surface area contributed by atoms with Gasteiger partial charge in [0.25, 0.3) is 0 Å². The summed E-state index contributed by atoms with van der Waals surface area (Å²) in [6.07, 6.45) is 2.14. The summed E-state index contributed by atoms with van der Waals surface area (Å²) in [7, 11) is 1.57. The molecule has 0 fully saturated rings. The van der Waals surface area contributed by atoms with E-state index in [2.05, 4.69) is 26.8 Å². The average Bonchev–Trinajstić information content (AvgIpc) is 2.64. The Balaban J connectivity index is 2.74. The maximum absolute atomic E-state index is 11.6. The van der Waals surface area contributed by atoms with Crippen LogP contribution in [0.2, 0.25) is 0 Å². The quantitative estimate of drug-likeness (QED) is 0.515. The van der Waals surface area contributed by atoms with Gasteiger partial charge in [0.05, 0.1) is 0 Å². The molecule has 0 aliphatic rings. The fourth-order valence-corrected chi connectivity index (χ4v) is 3.04. The number of carboxylic acid groups (broad SMARTS) is 1. The fraction of sp³-hybridized carbons (Fsp3) is 0.348. The van der Waals surface area contributed by atoms with E-state index < -0.39 is 5.97 Å². The Hall–Kier alpha value is -2.59. The van der Waals surface area contributed by atoms with Crippen LogP contribution in [0.3, 0.4) is 0 Å². The molecule has 0 amide bonds. The van der Waals surface area contributed by atoms with Crippen LogP contribution in [0.5, 0.6) is 5.75 Å². The summed E-state index contributed by atoms with van der Waals surface area (Å²) in [4.78, 5) is 11.6. The van der Waals surface area contributed by atoms with Crippen molar-refractivity contribution in [3.05, 3.63) is 70.3 Å². The second-order valence-electron chi connectivity index (χ2n) is 6.87. The molecule has 0 saturated heterocycles. The van der Waals surface area contributed by atoms with Crippen LogP contribution < -0.4 is 4.74 Å². The first kappa shape index (κ1) is 20.7. The van der Waals surface area contributed by atoms with Crippen LogP contribution in [0.4, 0.5) is 0 Å². The van der Waals surface area contributed by atoms with E-state index in [-0.39, 0.29) is 6.79 Å². The third kappa shape index (κ3) is 5.20. The molecule has 0 bridgehead atoms. The van der Waals surface area contributed by atoms with Crippen LogP contribution in [-0.2, 0) is 16.0 Å². The highest BCUT2D eigenvalue weighted by molar-refractivity contribution is 5.96. The van der Waals surface area contributed by atoms with Crippen molar-refractivity contribution in [3.8, 4) is 5.75 Å². The number of carbonyl (C=O) groups is 1. The number of aryl methyl sites for hydroxylation is 2. The number of ether oxygens (including phenoxy) is 2. The molecule has 4 heteroatoms. The summed E-state index contributed by atoms with van der Waals surface area (Å²) in [5.74, 6) is -0.0279. The minimum absolute atomic E-state index is 0.101. The molecule has 27 heavy (non-hydrogen) atoms. The maximum atomic E-state index is 11.6. The maximum Gasteiger partial charge on any atom is 0.328 e. The lowest BCUT2D eigenvalue weighted by Crippen LogP contribution is -2.06. The van der Waals surface area contributed by atoms with Crippen molar-refractivity contribution < 1.29 is 19.4 Å². The Labute approximate surface area is 161 Å².